The highest BCUT2D eigenvalue weighted by Crippen LogP contribution is 1.88. The molecule has 4 heteroatoms. The molecular formula is C3H8ClN3. The van der Waals surface area contributed by atoms with Gasteiger partial charge in [0, 0.05) is 12.6 Å². The lowest BCUT2D eigenvalue weighted by Gasteiger charge is -1.99. The van der Waals surface area contributed by atoms with Crippen LogP contribution in [0.2, 0.25) is 0 Å². The van der Waals surface area contributed by atoms with E-state index in [1.54, 1.807) is 6.21 Å². The summed E-state index contributed by atoms with van der Waals surface area (Å²) >= 11 is 0. The lowest BCUT2D eigenvalue weighted by atomic mass is 10.5. The Balaban J connectivity index is 0.000000360. The average molecular weight is 122 g/mol. The summed E-state index contributed by atoms with van der Waals surface area (Å²) in [5.74, 6) is 5.17. The minimum Gasteiger partial charge on any atom is -0.233 e. The van der Waals surface area contributed by atoms with Crippen LogP contribution in [0.5, 0.6) is 0 Å². The Hall–Kier alpha value is -0.280. The van der Waals surface area contributed by atoms with Crippen LogP contribution < -0.4 is 5.84 Å². The van der Waals surface area contributed by atoms with Crippen LogP contribution in [-0.4, -0.2) is 17.9 Å². The standard InChI is InChI=1S/C3H7N3.ClH/c4-6-3-1-2-5-6;/h2H,1,3-4H2;1H. The molecule has 1 heterocycles. The molecule has 0 saturated carbocycles. The summed E-state index contributed by atoms with van der Waals surface area (Å²) < 4.78 is 0. The summed E-state index contributed by atoms with van der Waals surface area (Å²) in [5, 5.41) is 5.15. The van der Waals surface area contributed by atoms with Gasteiger partial charge in [-0.25, -0.2) is 11.0 Å². The van der Waals surface area contributed by atoms with Crippen LogP contribution >= 0.6 is 12.4 Å². The zero-order chi connectivity index (χ0) is 4.41. The van der Waals surface area contributed by atoms with Crippen molar-refractivity contribution < 1.29 is 0 Å². The zero-order valence-corrected chi connectivity index (χ0v) is 4.69. The molecule has 0 radical (unpaired) electrons. The van der Waals surface area contributed by atoms with E-state index in [1.807, 2.05) is 0 Å². The first-order valence-corrected chi connectivity index (χ1v) is 1.94. The second kappa shape index (κ2) is 2.82. The fraction of sp³-hybridized carbons (Fsp3) is 0.667. The molecule has 0 unspecified atom stereocenters. The minimum absolute atomic E-state index is 0. The van der Waals surface area contributed by atoms with Gasteiger partial charge in [0.25, 0.3) is 0 Å². The van der Waals surface area contributed by atoms with Gasteiger partial charge in [-0.15, -0.1) is 12.4 Å². The molecule has 0 aromatic heterocycles. The van der Waals surface area contributed by atoms with Gasteiger partial charge in [0.1, 0.15) is 0 Å². The number of hydrogen-bond acceptors (Lipinski definition) is 3. The van der Waals surface area contributed by atoms with Crippen molar-refractivity contribution in [3.63, 3.8) is 0 Å². The Morgan fingerprint density at radius 2 is 2.43 bits per heavy atom. The van der Waals surface area contributed by atoms with Gasteiger partial charge in [-0.3, -0.25) is 0 Å². The third kappa shape index (κ3) is 1.75. The van der Waals surface area contributed by atoms with Crippen LogP contribution in [0, 0.1) is 0 Å². The molecule has 0 aliphatic carbocycles. The van der Waals surface area contributed by atoms with Gasteiger partial charge in [-0.2, -0.15) is 5.10 Å². The Kier molecular flexibility index (Phi) is 2.71. The van der Waals surface area contributed by atoms with E-state index in [4.69, 9.17) is 5.84 Å². The molecule has 3 nitrogen and oxygen atoms in total. The lowest BCUT2D eigenvalue weighted by molar-refractivity contribution is 0.332. The second-order valence-corrected chi connectivity index (χ2v) is 1.25. The highest BCUT2D eigenvalue weighted by Gasteiger charge is 1.95. The van der Waals surface area contributed by atoms with E-state index in [2.05, 4.69) is 5.10 Å². The van der Waals surface area contributed by atoms with Crippen molar-refractivity contribution in [1.29, 1.82) is 0 Å². The Morgan fingerprint density at radius 1 is 1.71 bits per heavy atom. The van der Waals surface area contributed by atoms with Gasteiger partial charge < -0.3 is 0 Å². The van der Waals surface area contributed by atoms with E-state index < -0.39 is 0 Å². The molecular weight excluding hydrogens is 114 g/mol. The third-order valence-corrected chi connectivity index (χ3v) is 0.717. The van der Waals surface area contributed by atoms with Crippen molar-refractivity contribution in [2.24, 2.45) is 10.9 Å². The summed E-state index contributed by atoms with van der Waals surface area (Å²) in [4.78, 5) is 0. The molecule has 0 aromatic carbocycles. The average Bonchev–Trinajstić information content (AvgIpc) is 1.86. The van der Waals surface area contributed by atoms with Crippen LogP contribution in [0.1, 0.15) is 6.42 Å². The molecule has 0 saturated heterocycles. The number of hydrazine groups is 1. The number of hydrogen-bond donors (Lipinski definition) is 1. The van der Waals surface area contributed by atoms with E-state index in [9.17, 15) is 0 Å². The van der Waals surface area contributed by atoms with Crippen molar-refractivity contribution in [3.8, 4) is 0 Å². The Morgan fingerprint density at radius 3 is 2.57 bits per heavy atom. The van der Waals surface area contributed by atoms with Gasteiger partial charge in [-0.05, 0) is 0 Å². The number of halogens is 1. The fourth-order valence-electron chi connectivity index (χ4n) is 0.410. The van der Waals surface area contributed by atoms with Crippen LogP contribution in [0.4, 0.5) is 0 Å². The van der Waals surface area contributed by atoms with Gasteiger partial charge in [0.15, 0.2) is 0 Å². The van der Waals surface area contributed by atoms with Crippen molar-refractivity contribution >= 4 is 18.6 Å². The molecule has 0 spiro atoms. The summed E-state index contributed by atoms with van der Waals surface area (Å²) in [6.45, 7) is 0.875. The van der Waals surface area contributed by atoms with Gasteiger partial charge in [0.05, 0.1) is 6.54 Å². The summed E-state index contributed by atoms with van der Waals surface area (Å²) in [7, 11) is 0. The molecule has 0 amide bonds. The first-order chi connectivity index (χ1) is 2.89. The van der Waals surface area contributed by atoms with Crippen molar-refractivity contribution in [2.45, 2.75) is 6.42 Å². The SMILES string of the molecule is Cl.NN1CCC=N1. The maximum Gasteiger partial charge on any atom is 0.0580 e. The van der Waals surface area contributed by atoms with E-state index >= 15 is 0 Å². The minimum atomic E-state index is 0. The monoisotopic (exact) mass is 121 g/mol. The lowest BCUT2D eigenvalue weighted by Crippen LogP contribution is -2.21. The van der Waals surface area contributed by atoms with E-state index in [-0.39, 0.29) is 12.4 Å². The number of hydrazone groups is 1. The molecule has 1 aliphatic rings. The van der Waals surface area contributed by atoms with Gasteiger partial charge in [0.2, 0.25) is 0 Å². The summed E-state index contributed by atoms with van der Waals surface area (Å²) in [6.07, 6.45) is 2.80. The predicted molar refractivity (Wildman–Crippen MR) is 31.3 cm³/mol. The van der Waals surface area contributed by atoms with Gasteiger partial charge >= 0.3 is 0 Å². The zero-order valence-electron chi connectivity index (χ0n) is 3.87. The molecule has 0 aromatic rings. The molecule has 0 fully saturated rings. The molecule has 7 heavy (non-hydrogen) atoms. The molecule has 42 valence electrons. The molecule has 1 aliphatic heterocycles. The molecule has 0 atom stereocenters. The molecule has 0 bridgehead atoms. The number of rotatable bonds is 0. The van der Waals surface area contributed by atoms with Crippen molar-refractivity contribution in [2.75, 3.05) is 6.54 Å². The quantitative estimate of drug-likeness (QED) is 0.458. The molecule has 1 rings (SSSR count). The van der Waals surface area contributed by atoms with Crippen molar-refractivity contribution in [1.82, 2.24) is 5.12 Å². The number of nitrogens with zero attached hydrogens (tertiary/aromatic N) is 2. The second-order valence-electron chi connectivity index (χ2n) is 1.25. The normalized spacial score (nSPS) is 17.0. The van der Waals surface area contributed by atoms with E-state index in [0.29, 0.717) is 0 Å². The first-order valence-electron chi connectivity index (χ1n) is 1.94. The number of nitrogens with two attached hydrogens (primary N) is 1. The smallest absolute Gasteiger partial charge is 0.0580 e. The van der Waals surface area contributed by atoms with Crippen molar-refractivity contribution in [3.05, 3.63) is 0 Å². The predicted octanol–water partition coefficient (Wildman–Crippen LogP) is -0.0266. The van der Waals surface area contributed by atoms with E-state index in [0.717, 1.165) is 13.0 Å². The largest absolute Gasteiger partial charge is 0.233 e. The maximum atomic E-state index is 5.17. The first kappa shape index (κ1) is 6.72. The topological polar surface area (TPSA) is 41.6 Å². The molecule has 2 N–H and O–H groups in total. The van der Waals surface area contributed by atoms with Gasteiger partial charge in [-0.1, -0.05) is 0 Å². The highest BCUT2D eigenvalue weighted by molar-refractivity contribution is 5.85. The van der Waals surface area contributed by atoms with E-state index in [1.165, 1.54) is 5.12 Å². The highest BCUT2D eigenvalue weighted by atomic mass is 35.5. The van der Waals surface area contributed by atoms with Crippen LogP contribution in [0.15, 0.2) is 5.10 Å². The van der Waals surface area contributed by atoms with Crippen LogP contribution in [-0.2, 0) is 0 Å². The Labute approximate surface area is 48.6 Å². The Bertz CT molecular complexity index is 72.6. The maximum absolute atomic E-state index is 5.17. The third-order valence-electron chi connectivity index (χ3n) is 0.717. The summed E-state index contributed by atoms with van der Waals surface area (Å²) in [6, 6.07) is 0. The fourth-order valence-corrected chi connectivity index (χ4v) is 0.410. The van der Waals surface area contributed by atoms with Crippen LogP contribution in [0.3, 0.4) is 0 Å². The summed E-state index contributed by atoms with van der Waals surface area (Å²) in [5.41, 5.74) is 0. The van der Waals surface area contributed by atoms with Crippen LogP contribution in [0.25, 0.3) is 0 Å².